The van der Waals surface area contributed by atoms with Crippen molar-refractivity contribution < 1.29 is 0 Å². The zero-order valence-electron chi connectivity index (χ0n) is 11.0. The van der Waals surface area contributed by atoms with E-state index in [1.165, 1.54) is 58.3 Å². The Morgan fingerprint density at radius 3 is 2.00 bits per heavy atom. The second kappa shape index (κ2) is 6.02. The highest BCUT2D eigenvalue weighted by atomic mass is 15.2. The van der Waals surface area contributed by atoms with Crippen LogP contribution in [0.4, 0.5) is 0 Å². The monoisotopic (exact) mass is 224 g/mol. The Morgan fingerprint density at radius 2 is 1.44 bits per heavy atom. The normalized spacial score (nSPS) is 39.0. The Labute approximate surface area is 101 Å². The van der Waals surface area contributed by atoms with E-state index in [0.29, 0.717) is 0 Å². The molecule has 0 amide bonds. The standard InChI is InChI=1S/C14H28N2/c1-12-9-13(2)11-14(10-12)16-7-3-5-15-6-4-8-16/h12-15H,3-11H2,1-2H3. The van der Waals surface area contributed by atoms with Crippen LogP contribution >= 0.6 is 0 Å². The summed E-state index contributed by atoms with van der Waals surface area (Å²) in [6.07, 6.45) is 7.00. The summed E-state index contributed by atoms with van der Waals surface area (Å²) in [5, 5.41) is 3.50. The molecule has 2 aliphatic rings. The average Bonchev–Trinajstić information content (AvgIpc) is 2.14. The summed E-state index contributed by atoms with van der Waals surface area (Å²) in [5.74, 6) is 1.88. The zero-order valence-corrected chi connectivity index (χ0v) is 11.0. The molecule has 0 spiro atoms. The summed E-state index contributed by atoms with van der Waals surface area (Å²) in [4.78, 5) is 2.78. The predicted octanol–water partition coefficient (Wildman–Crippen LogP) is 2.50. The summed E-state index contributed by atoms with van der Waals surface area (Å²) < 4.78 is 0. The van der Waals surface area contributed by atoms with E-state index >= 15 is 0 Å². The van der Waals surface area contributed by atoms with E-state index in [1.54, 1.807) is 0 Å². The highest BCUT2D eigenvalue weighted by Crippen LogP contribution is 2.31. The first-order valence-corrected chi connectivity index (χ1v) is 7.20. The minimum Gasteiger partial charge on any atom is -0.317 e. The van der Waals surface area contributed by atoms with Crippen LogP contribution in [0.25, 0.3) is 0 Å². The maximum Gasteiger partial charge on any atom is 0.0100 e. The summed E-state index contributed by atoms with van der Waals surface area (Å²) >= 11 is 0. The predicted molar refractivity (Wildman–Crippen MR) is 69.6 cm³/mol. The van der Waals surface area contributed by atoms with Gasteiger partial charge in [0.2, 0.25) is 0 Å². The SMILES string of the molecule is CC1CC(C)CC(N2CCCNCCC2)C1. The third-order valence-electron chi connectivity index (χ3n) is 4.27. The van der Waals surface area contributed by atoms with Crippen molar-refractivity contribution in [1.82, 2.24) is 10.2 Å². The maximum atomic E-state index is 3.50. The molecular formula is C14H28N2. The lowest BCUT2D eigenvalue weighted by Crippen LogP contribution is -2.44. The lowest BCUT2D eigenvalue weighted by atomic mass is 9.79. The van der Waals surface area contributed by atoms with Crippen molar-refractivity contribution in [1.29, 1.82) is 0 Å². The van der Waals surface area contributed by atoms with Gasteiger partial charge in [-0.05, 0) is 70.1 Å². The number of hydrogen-bond donors (Lipinski definition) is 1. The van der Waals surface area contributed by atoms with Crippen LogP contribution in [0.5, 0.6) is 0 Å². The second-order valence-corrected chi connectivity index (χ2v) is 6.06. The Morgan fingerprint density at radius 1 is 0.875 bits per heavy atom. The van der Waals surface area contributed by atoms with Gasteiger partial charge in [0.05, 0.1) is 0 Å². The molecule has 1 heterocycles. The maximum absolute atomic E-state index is 3.50. The molecule has 2 heteroatoms. The topological polar surface area (TPSA) is 15.3 Å². The molecule has 0 radical (unpaired) electrons. The molecule has 94 valence electrons. The Kier molecular flexibility index (Phi) is 4.66. The third-order valence-corrected chi connectivity index (χ3v) is 4.27. The molecule has 0 aromatic rings. The fourth-order valence-electron chi connectivity index (χ4n) is 3.62. The van der Waals surface area contributed by atoms with Crippen LogP contribution in [0, 0.1) is 11.8 Å². The third kappa shape index (κ3) is 3.46. The molecule has 2 rings (SSSR count). The van der Waals surface area contributed by atoms with E-state index in [9.17, 15) is 0 Å². The summed E-state index contributed by atoms with van der Waals surface area (Å²) in [7, 11) is 0. The molecule has 16 heavy (non-hydrogen) atoms. The molecule has 2 atom stereocenters. The van der Waals surface area contributed by atoms with Gasteiger partial charge in [-0.1, -0.05) is 13.8 Å². The van der Waals surface area contributed by atoms with E-state index < -0.39 is 0 Å². The highest BCUT2D eigenvalue weighted by molar-refractivity contribution is 4.82. The van der Waals surface area contributed by atoms with Gasteiger partial charge in [0.15, 0.2) is 0 Å². The van der Waals surface area contributed by atoms with Gasteiger partial charge in [-0.3, -0.25) is 0 Å². The number of nitrogens with one attached hydrogen (secondary N) is 1. The quantitative estimate of drug-likeness (QED) is 0.736. The molecule has 2 unspecified atom stereocenters. The van der Waals surface area contributed by atoms with Crippen LogP contribution in [0.1, 0.15) is 46.0 Å². The van der Waals surface area contributed by atoms with E-state index in [0.717, 1.165) is 17.9 Å². The van der Waals surface area contributed by atoms with Gasteiger partial charge in [0.1, 0.15) is 0 Å². The first-order chi connectivity index (χ1) is 7.75. The van der Waals surface area contributed by atoms with Crippen molar-refractivity contribution in [3.63, 3.8) is 0 Å². The molecule has 1 saturated carbocycles. The molecule has 1 aliphatic carbocycles. The molecule has 0 bridgehead atoms. The van der Waals surface area contributed by atoms with E-state index in [2.05, 4.69) is 24.1 Å². The van der Waals surface area contributed by atoms with E-state index in [-0.39, 0.29) is 0 Å². The van der Waals surface area contributed by atoms with Crippen molar-refractivity contribution in [2.24, 2.45) is 11.8 Å². The largest absolute Gasteiger partial charge is 0.317 e. The second-order valence-electron chi connectivity index (χ2n) is 6.06. The lowest BCUT2D eigenvalue weighted by molar-refractivity contribution is 0.103. The minimum atomic E-state index is 0.886. The van der Waals surface area contributed by atoms with Crippen molar-refractivity contribution in [2.45, 2.75) is 52.0 Å². The molecule has 0 aromatic carbocycles. The molecule has 1 aliphatic heterocycles. The average molecular weight is 224 g/mol. The van der Waals surface area contributed by atoms with Crippen molar-refractivity contribution in [3.05, 3.63) is 0 Å². The van der Waals surface area contributed by atoms with Crippen molar-refractivity contribution >= 4 is 0 Å². The molecule has 1 N–H and O–H groups in total. The molecule has 2 fully saturated rings. The van der Waals surface area contributed by atoms with Crippen molar-refractivity contribution in [3.8, 4) is 0 Å². The van der Waals surface area contributed by atoms with Gasteiger partial charge in [-0.25, -0.2) is 0 Å². The van der Waals surface area contributed by atoms with Crippen LogP contribution in [0.3, 0.4) is 0 Å². The van der Waals surface area contributed by atoms with E-state index in [1.807, 2.05) is 0 Å². The number of hydrogen-bond acceptors (Lipinski definition) is 2. The minimum absolute atomic E-state index is 0.886. The van der Waals surface area contributed by atoms with Gasteiger partial charge < -0.3 is 10.2 Å². The Balaban J connectivity index is 1.88. The zero-order chi connectivity index (χ0) is 11.4. The van der Waals surface area contributed by atoms with Gasteiger partial charge in [-0.15, -0.1) is 0 Å². The Hall–Kier alpha value is -0.0800. The first-order valence-electron chi connectivity index (χ1n) is 7.20. The van der Waals surface area contributed by atoms with Crippen LogP contribution in [-0.2, 0) is 0 Å². The summed E-state index contributed by atoms with van der Waals surface area (Å²) in [6, 6.07) is 0.886. The van der Waals surface area contributed by atoms with Crippen LogP contribution in [0.15, 0.2) is 0 Å². The summed E-state index contributed by atoms with van der Waals surface area (Å²) in [6.45, 7) is 9.94. The van der Waals surface area contributed by atoms with Gasteiger partial charge in [0.25, 0.3) is 0 Å². The first kappa shape index (κ1) is 12.4. The number of rotatable bonds is 1. The van der Waals surface area contributed by atoms with Crippen molar-refractivity contribution in [2.75, 3.05) is 26.2 Å². The molecule has 2 nitrogen and oxygen atoms in total. The lowest BCUT2D eigenvalue weighted by Gasteiger charge is -2.40. The molecule has 0 aromatic heterocycles. The van der Waals surface area contributed by atoms with Crippen LogP contribution in [-0.4, -0.2) is 37.1 Å². The van der Waals surface area contributed by atoms with Gasteiger partial charge >= 0.3 is 0 Å². The van der Waals surface area contributed by atoms with Crippen LogP contribution in [0.2, 0.25) is 0 Å². The van der Waals surface area contributed by atoms with Crippen LogP contribution < -0.4 is 5.32 Å². The molecule has 1 saturated heterocycles. The fourth-order valence-corrected chi connectivity index (χ4v) is 3.62. The smallest absolute Gasteiger partial charge is 0.0100 e. The fraction of sp³-hybridized carbons (Fsp3) is 1.00. The van der Waals surface area contributed by atoms with E-state index in [4.69, 9.17) is 0 Å². The van der Waals surface area contributed by atoms with Gasteiger partial charge in [0, 0.05) is 6.04 Å². The molecular weight excluding hydrogens is 196 g/mol. The Bertz CT molecular complexity index is 187. The highest BCUT2D eigenvalue weighted by Gasteiger charge is 2.28. The number of nitrogens with zero attached hydrogens (tertiary/aromatic N) is 1. The van der Waals surface area contributed by atoms with Gasteiger partial charge in [-0.2, -0.15) is 0 Å². The summed E-state index contributed by atoms with van der Waals surface area (Å²) in [5.41, 5.74) is 0.